The summed E-state index contributed by atoms with van der Waals surface area (Å²) >= 11 is 0. The fourth-order valence-electron chi connectivity index (χ4n) is 6.23. The number of rotatable bonds is 16. The highest BCUT2D eigenvalue weighted by atomic mass is 14.3. The van der Waals surface area contributed by atoms with Crippen molar-refractivity contribution in [3.63, 3.8) is 0 Å². The van der Waals surface area contributed by atoms with Crippen LogP contribution in [0.4, 0.5) is 0 Å². The second-order valence-electron chi connectivity index (χ2n) is 11.8. The van der Waals surface area contributed by atoms with Crippen molar-refractivity contribution in [1.82, 2.24) is 0 Å². The third kappa shape index (κ3) is 7.91. The average molecular weight is 557 g/mol. The van der Waals surface area contributed by atoms with E-state index in [0.29, 0.717) is 0 Å². The second-order valence-corrected chi connectivity index (χ2v) is 11.8. The van der Waals surface area contributed by atoms with E-state index in [4.69, 9.17) is 0 Å². The summed E-state index contributed by atoms with van der Waals surface area (Å²) in [6, 6.07) is 37.1. The zero-order chi connectivity index (χ0) is 29.6. The fraction of sp³-hybridized carbons (Fsp3) is 0.381. The molecule has 0 heteroatoms. The van der Waals surface area contributed by atoms with E-state index in [9.17, 15) is 0 Å². The van der Waals surface area contributed by atoms with Gasteiger partial charge in [0, 0.05) is 0 Å². The predicted molar refractivity (Wildman–Crippen MR) is 185 cm³/mol. The monoisotopic (exact) mass is 556 g/mol. The van der Waals surface area contributed by atoms with Crippen molar-refractivity contribution in [2.75, 3.05) is 0 Å². The van der Waals surface area contributed by atoms with Gasteiger partial charge in [-0.3, -0.25) is 0 Å². The number of hydrogen-bond donors (Lipinski definition) is 0. The van der Waals surface area contributed by atoms with Crippen molar-refractivity contribution in [2.45, 2.75) is 105 Å². The van der Waals surface area contributed by atoms with E-state index in [1.54, 1.807) is 0 Å². The zero-order valence-corrected chi connectivity index (χ0v) is 26.7. The highest BCUT2D eigenvalue weighted by Crippen LogP contribution is 2.42. The molecule has 0 aliphatic rings. The lowest BCUT2D eigenvalue weighted by Gasteiger charge is -2.25. The van der Waals surface area contributed by atoms with Crippen LogP contribution in [0.5, 0.6) is 0 Å². The molecule has 0 aliphatic carbocycles. The van der Waals surface area contributed by atoms with Crippen LogP contribution in [0.1, 0.15) is 124 Å². The first kappa shape index (κ1) is 31.6. The predicted octanol–water partition coefficient (Wildman–Crippen LogP) is 12.1. The molecule has 0 N–H and O–H groups in total. The summed E-state index contributed by atoms with van der Waals surface area (Å²) in [6.07, 6.45) is 14.1. The molecular formula is C42H52. The highest BCUT2D eigenvalue weighted by molar-refractivity contribution is 6.06. The van der Waals surface area contributed by atoms with Crippen LogP contribution in [0.2, 0.25) is 0 Å². The molecule has 4 rings (SSSR count). The summed E-state index contributed by atoms with van der Waals surface area (Å²) in [4.78, 5) is 0. The molecule has 0 bridgehead atoms. The van der Waals surface area contributed by atoms with Gasteiger partial charge in [0.2, 0.25) is 0 Å². The van der Waals surface area contributed by atoms with Crippen LogP contribution in [0.15, 0.2) is 97.1 Å². The van der Waals surface area contributed by atoms with Gasteiger partial charge in [0.25, 0.3) is 0 Å². The lowest BCUT2D eigenvalue weighted by molar-refractivity contribution is 0.790. The Morgan fingerprint density at radius 1 is 0.333 bits per heavy atom. The SMILES string of the molecule is CCCCc1ccccc1C(=C(c1ccccc1CCCC)c1ccccc1CCCC)c1ccccc1CCCC. The first-order valence-electron chi connectivity index (χ1n) is 16.8. The van der Waals surface area contributed by atoms with Gasteiger partial charge in [0.05, 0.1) is 0 Å². The number of benzene rings is 4. The van der Waals surface area contributed by atoms with Crippen LogP contribution in [-0.4, -0.2) is 0 Å². The Kier molecular flexibility index (Phi) is 12.7. The Morgan fingerprint density at radius 3 is 0.762 bits per heavy atom. The van der Waals surface area contributed by atoms with Crippen LogP contribution in [0.25, 0.3) is 11.1 Å². The molecule has 0 heterocycles. The van der Waals surface area contributed by atoms with E-state index in [0.717, 1.165) is 25.7 Å². The molecule has 0 saturated heterocycles. The molecule has 0 unspecified atom stereocenters. The maximum absolute atomic E-state index is 2.40. The summed E-state index contributed by atoms with van der Waals surface area (Å²) in [5.74, 6) is 0. The van der Waals surface area contributed by atoms with E-state index in [2.05, 4.69) is 125 Å². The fourth-order valence-corrected chi connectivity index (χ4v) is 6.23. The maximum atomic E-state index is 2.40. The molecule has 0 radical (unpaired) electrons. The largest absolute Gasteiger partial charge is 0.0654 e. The third-order valence-electron chi connectivity index (χ3n) is 8.60. The van der Waals surface area contributed by atoms with Gasteiger partial charge in [-0.15, -0.1) is 0 Å². The van der Waals surface area contributed by atoms with Crippen LogP contribution in [0.3, 0.4) is 0 Å². The molecule has 0 aliphatic heterocycles. The van der Waals surface area contributed by atoms with Crippen molar-refractivity contribution in [2.24, 2.45) is 0 Å². The zero-order valence-electron chi connectivity index (χ0n) is 26.7. The van der Waals surface area contributed by atoms with Crippen molar-refractivity contribution in [1.29, 1.82) is 0 Å². The third-order valence-corrected chi connectivity index (χ3v) is 8.60. The molecule has 0 aromatic heterocycles. The molecule has 4 aromatic carbocycles. The minimum atomic E-state index is 1.11. The number of unbranched alkanes of at least 4 members (excludes halogenated alkanes) is 4. The summed E-state index contributed by atoms with van der Waals surface area (Å²) in [6.45, 7) is 9.22. The molecule has 0 nitrogen and oxygen atoms in total. The Labute approximate surface area is 256 Å². The molecule has 0 spiro atoms. The summed E-state index contributed by atoms with van der Waals surface area (Å²) in [5, 5.41) is 0. The number of aryl methyl sites for hydroxylation is 4. The second kappa shape index (κ2) is 16.9. The van der Waals surface area contributed by atoms with Gasteiger partial charge in [0.15, 0.2) is 0 Å². The highest BCUT2D eigenvalue weighted by Gasteiger charge is 2.23. The summed E-state index contributed by atoms with van der Waals surface area (Å²) < 4.78 is 0. The Hall–Kier alpha value is -3.38. The van der Waals surface area contributed by atoms with E-state index in [1.165, 1.54) is 107 Å². The molecule has 220 valence electrons. The van der Waals surface area contributed by atoms with E-state index in [1.807, 2.05) is 0 Å². The Morgan fingerprint density at radius 2 is 0.548 bits per heavy atom. The van der Waals surface area contributed by atoms with Gasteiger partial charge < -0.3 is 0 Å². The summed E-state index contributed by atoms with van der Waals surface area (Å²) in [7, 11) is 0. The minimum Gasteiger partial charge on any atom is -0.0654 e. The standard InChI is InChI=1S/C42H52/c1-5-9-21-33-25-13-17-29-37(33)41(38-30-18-14-26-34(38)22-10-6-2)42(39-31-19-15-27-35(39)23-11-7-3)40-32-20-16-28-36(40)24-12-8-4/h13-20,25-32H,5-12,21-24H2,1-4H3. The van der Waals surface area contributed by atoms with Gasteiger partial charge in [0.1, 0.15) is 0 Å². The molecular weight excluding hydrogens is 504 g/mol. The number of hydrogen-bond acceptors (Lipinski definition) is 0. The summed E-state index contributed by atoms with van der Waals surface area (Å²) in [5.41, 5.74) is 14.3. The Balaban J connectivity index is 2.18. The topological polar surface area (TPSA) is 0 Å². The first-order valence-corrected chi connectivity index (χ1v) is 16.8. The van der Waals surface area contributed by atoms with Gasteiger partial charge in [-0.2, -0.15) is 0 Å². The quantitative estimate of drug-likeness (QED) is 0.120. The average Bonchev–Trinajstić information content (AvgIpc) is 3.04. The van der Waals surface area contributed by atoms with Gasteiger partial charge in [-0.1, -0.05) is 150 Å². The normalized spacial score (nSPS) is 11.0. The smallest absolute Gasteiger partial charge is 0.00211 e. The van der Waals surface area contributed by atoms with Crippen molar-refractivity contribution < 1.29 is 0 Å². The van der Waals surface area contributed by atoms with Crippen molar-refractivity contribution in [3.05, 3.63) is 142 Å². The van der Waals surface area contributed by atoms with Crippen molar-refractivity contribution >= 4 is 11.1 Å². The first-order chi connectivity index (χ1) is 20.7. The molecule has 0 atom stereocenters. The van der Waals surface area contributed by atoms with Crippen LogP contribution in [0, 0.1) is 0 Å². The van der Waals surface area contributed by atoms with Crippen molar-refractivity contribution in [3.8, 4) is 0 Å². The Bertz CT molecular complexity index is 1200. The van der Waals surface area contributed by atoms with E-state index in [-0.39, 0.29) is 0 Å². The molecule has 0 fully saturated rings. The lowest BCUT2D eigenvalue weighted by atomic mass is 9.78. The lowest BCUT2D eigenvalue weighted by Crippen LogP contribution is -2.07. The van der Waals surface area contributed by atoms with E-state index < -0.39 is 0 Å². The molecule has 42 heavy (non-hydrogen) atoms. The molecule has 0 amide bonds. The maximum Gasteiger partial charge on any atom is -0.00211 e. The van der Waals surface area contributed by atoms with Gasteiger partial charge in [-0.05, 0) is 107 Å². The van der Waals surface area contributed by atoms with Crippen LogP contribution < -0.4 is 0 Å². The van der Waals surface area contributed by atoms with Crippen LogP contribution >= 0.6 is 0 Å². The minimum absolute atomic E-state index is 1.11. The van der Waals surface area contributed by atoms with Gasteiger partial charge >= 0.3 is 0 Å². The molecule has 4 aromatic rings. The van der Waals surface area contributed by atoms with Crippen LogP contribution in [-0.2, 0) is 25.7 Å². The van der Waals surface area contributed by atoms with E-state index >= 15 is 0 Å². The molecule has 0 saturated carbocycles. The van der Waals surface area contributed by atoms with Gasteiger partial charge in [-0.25, -0.2) is 0 Å².